The highest BCUT2D eigenvalue weighted by atomic mass is 127. The molecule has 1 N–H and O–H groups in total. The van der Waals surface area contributed by atoms with Crippen LogP contribution in [0.4, 0.5) is 0 Å². The second-order valence-electron chi connectivity index (χ2n) is 7.76. The van der Waals surface area contributed by atoms with Crippen molar-refractivity contribution in [3.63, 3.8) is 0 Å². The topological polar surface area (TPSA) is 46.5 Å². The molecule has 1 atom stereocenters. The zero-order valence-corrected chi connectivity index (χ0v) is 16.8. The number of phenolic OH excluding ortho intramolecular Hbond substituents is 1. The fraction of sp³-hybridized carbons (Fsp3) is 0.632. The number of carbonyl (C=O) groups is 1. The Morgan fingerprint density at radius 2 is 1.96 bits per heavy atom. The molecule has 2 aliphatic rings. The Balaban J connectivity index is 0.00000208. The molecule has 24 heavy (non-hydrogen) atoms. The minimum Gasteiger partial charge on any atom is -1.00 e. The molecule has 1 aromatic rings. The predicted octanol–water partition coefficient (Wildman–Crippen LogP) is -0.0118. The fourth-order valence-electron chi connectivity index (χ4n) is 4.03. The van der Waals surface area contributed by atoms with Crippen molar-refractivity contribution >= 4 is 5.97 Å². The van der Waals surface area contributed by atoms with Gasteiger partial charge >= 0.3 is 5.97 Å². The number of ether oxygens (including phenoxy) is 1. The van der Waals surface area contributed by atoms with Gasteiger partial charge in [-0.2, -0.15) is 0 Å². The number of aromatic hydroxyl groups is 1. The highest BCUT2D eigenvalue weighted by Crippen LogP contribution is 2.39. The van der Waals surface area contributed by atoms with Crippen LogP contribution in [0, 0.1) is 0 Å². The average Bonchev–Trinajstić information content (AvgIpc) is 3.11. The highest BCUT2D eigenvalue weighted by molar-refractivity contribution is 5.74. The third-order valence-corrected chi connectivity index (χ3v) is 5.33. The number of halogens is 1. The first kappa shape index (κ1) is 19.5. The third-order valence-electron chi connectivity index (χ3n) is 5.33. The predicted molar refractivity (Wildman–Crippen MR) is 89.4 cm³/mol. The summed E-state index contributed by atoms with van der Waals surface area (Å²) in [6, 6.07) is 5.78. The lowest BCUT2D eigenvalue weighted by Gasteiger charge is -2.23. The molecule has 0 unspecified atom stereocenters. The van der Waals surface area contributed by atoms with E-state index < -0.39 is 0 Å². The summed E-state index contributed by atoms with van der Waals surface area (Å²) in [5.41, 5.74) is 1.71. The molecular formula is C19H28INO3. The first-order valence-corrected chi connectivity index (χ1v) is 8.77. The number of quaternary nitrogens is 1. The van der Waals surface area contributed by atoms with Crippen molar-refractivity contribution in [2.75, 3.05) is 27.2 Å². The van der Waals surface area contributed by atoms with Crippen LogP contribution in [0.25, 0.3) is 0 Å². The van der Waals surface area contributed by atoms with Gasteiger partial charge in [-0.15, -0.1) is 0 Å². The normalized spacial score (nSPS) is 23.0. The van der Waals surface area contributed by atoms with Crippen molar-refractivity contribution in [3.05, 3.63) is 29.3 Å². The van der Waals surface area contributed by atoms with Gasteiger partial charge in [0, 0.05) is 12.0 Å². The van der Waals surface area contributed by atoms with E-state index in [4.69, 9.17) is 4.74 Å². The number of phenols is 1. The zero-order chi connectivity index (χ0) is 16.4. The second-order valence-corrected chi connectivity index (χ2v) is 7.76. The lowest BCUT2D eigenvalue weighted by molar-refractivity contribution is -0.879. The summed E-state index contributed by atoms with van der Waals surface area (Å²) < 4.78 is 6.51. The SMILES string of the molecule is C[N+]1(C)CC[C@H](OC(=O)Cc2cccc(C3CCCC3)c2O)C1.[I-]. The molecule has 0 amide bonds. The Labute approximate surface area is 161 Å². The molecule has 1 heterocycles. The molecule has 3 rings (SSSR count). The van der Waals surface area contributed by atoms with E-state index >= 15 is 0 Å². The van der Waals surface area contributed by atoms with Gasteiger partial charge in [-0.3, -0.25) is 4.79 Å². The summed E-state index contributed by atoms with van der Waals surface area (Å²) in [7, 11) is 4.31. The van der Waals surface area contributed by atoms with Gasteiger partial charge in [0.25, 0.3) is 0 Å². The van der Waals surface area contributed by atoms with Crippen LogP contribution >= 0.6 is 0 Å². The van der Waals surface area contributed by atoms with Crippen LogP contribution in [0.15, 0.2) is 18.2 Å². The van der Waals surface area contributed by atoms with E-state index in [0.29, 0.717) is 17.2 Å². The standard InChI is InChI=1S/C19H27NO3.HI/c1-20(2)11-10-16(13-20)23-18(21)12-15-8-5-9-17(19(15)22)14-6-3-4-7-14;/h5,8-9,14,16H,3-4,6-7,10-13H2,1-2H3;1H/t16-;/m0./s1. The second kappa shape index (κ2) is 8.04. The number of likely N-dealkylation sites (N-methyl/N-ethyl adjacent to an activating group) is 1. The number of hydrogen-bond donors (Lipinski definition) is 1. The first-order valence-electron chi connectivity index (χ1n) is 8.77. The number of rotatable bonds is 4. The van der Waals surface area contributed by atoms with Crippen molar-refractivity contribution in [3.8, 4) is 5.75 Å². The molecule has 5 heteroatoms. The Morgan fingerprint density at radius 1 is 1.25 bits per heavy atom. The molecule has 4 nitrogen and oxygen atoms in total. The lowest BCUT2D eigenvalue weighted by atomic mass is 9.94. The quantitative estimate of drug-likeness (QED) is 0.403. The number of benzene rings is 1. The molecule has 2 fully saturated rings. The van der Waals surface area contributed by atoms with Crippen LogP contribution in [0.3, 0.4) is 0 Å². The van der Waals surface area contributed by atoms with E-state index in [0.717, 1.165) is 42.4 Å². The number of hydrogen-bond acceptors (Lipinski definition) is 3. The average molecular weight is 445 g/mol. The molecule has 0 spiro atoms. The molecule has 1 aliphatic heterocycles. The summed E-state index contributed by atoms with van der Waals surface area (Å²) >= 11 is 0. The summed E-state index contributed by atoms with van der Waals surface area (Å²) in [5.74, 6) is 0.522. The van der Waals surface area contributed by atoms with Gasteiger partial charge in [0.15, 0.2) is 6.10 Å². The van der Waals surface area contributed by atoms with E-state index in [1.165, 1.54) is 12.8 Å². The van der Waals surface area contributed by atoms with Gasteiger partial charge in [-0.1, -0.05) is 31.0 Å². The van der Waals surface area contributed by atoms with Crippen molar-refractivity contribution < 1.29 is 43.1 Å². The molecule has 0 aromatic heterocycles. The van der Waals surface area contributed by atoms with Gasteiger partial charge in [0.1, 0.15) is 12.3 Å². The molecule has 134 valence electrons. The molecule has 1 aromatic carbocycles. The smallest absolute Gasteiger partial charge is 0.310 e. The van der Waals surface area contributed by atoms with Gasteiger partial charge in [-0.05, 0) is 24.3 Å². The molecule has 1 saturated carbocycles. The summed E-state index contributed by atoms with van der Waals surface area (Å²) in [5, 5.41) is 10.5. The Hall–Kier alpha value is -0.820. The third kappa shape index (κ3) is 4.63. The fourth-order valence-corrected chi connectivity index (χ4v) is 4.03. The van der Waals surface area contributed by atoms with Crippen LogP contribution in [-0.2, 0) is 16.0 Å². The maximum atomic E-state index is 12.2. The lowest BCUT2D eigenvalue weighted by Crippen LogP contribution is -3.00. The molecular weight excluding hydrogens is 417 g/mol. The minimum atomic E-state index is -0.226. The number of carbonyl (C=O) groups excluding carboxylic acids is 1. The number of nitrogens with zero attached hydrogens (tertiary/aromatic N) is 1. The van der Waals surface area contributed by atoms with E-state index in [-0.39, 0.29) is 42.5 Å². The minimum absolute atomic E-state index is 0. The first-order chi connectivity index (χ1) is 10.9. The maximum absolute atomic E-state index is 12.2. The zero-order valence-electron chi connectivity index (χ0n) is 14.6. The molecule has 1 saturated heterocycles. The summed E-state index contributed by atoms with van der Waals surface area (Å²) in [6.07, 6.45) is 5.83. The maximum Gasteiger partial charge on any atom is 0.310 e. The van der Waals surface area contributed by atoms with Crippen molar-refractivity contribution in [1.29, 1.82) is 0 Å². The molecule has 0 bridgehead atoms. The van der Waals surface area contributed by atoms with Crippen LogP contribution in [-0.4, -0.2) is 48.8 Å². The van der Waals surface area contributed by atoms with Crippen molar-refractivity contribution in [2.24, 2.45) is 0 Å². The van der Waals surface area contributed by atoms with E-state index in [1.54, 1.807) is 0 Å². The van der Waals surface area contributed by atoms with E-state index in [1.807, 2.05) is 18.2 Å². The van der Waals surface area contributed by atoms with E-state index in [9.17, 15) is 9.90 Å². The molecule has 1 aliphatic carbocycles. The van der Waals surface area contributed by atoms with Crippen molar-refractivity contribution in [2.45, 2.75) is 50.5 Å². The summed E-state index contributed by atoms with van der Waals surface area (Å²) in [4.78, 5) is 12.2. The number of esters is 1. The van der Waals surface area contributed by atoms with Gasteiger partial charge in [0.05, 0.1) is 27.1 Å². The monoisotopic (exact) mass is 445 g/mol. The largest absolute Gasteiger partial charge is 1.00 e. The number of likely N-dealkylation sites (tertiary alicyclic amines) is 1. The van der Waals surface area contributed by atoms with Crippen LogP contribution < -0.4 is 24.0 Å². The molecule has 0 radical (unpaired) electrons. The highest BCUT2D eigenvalue weighted by Gasteiger charge is 2.33. The van der Waals surface area contributed by atoms with Crippen LogP contribution in [0.5, 0.6) is 5.75 Å². The van der Waals surface area contributed by atoms with Crippen LogP contribution in [0.1, 0.15) is 49.1 Å². The summed E-state index contributed by atoms with van der Waals surface area (Å²) in [6.45, 7) is 1.92. The Kier molecular flexibility index (Phi) is 6.53. The Bertz CT molecular complexity index is 582. The van der Waals surface area contributed by atoms with Crippen molar-refractivity contribution in [1.82, 2.24) is 0 Å². The number of para-hydroxylation sites is 1. The van der Waals surface area contributed by atoms with Gasteiger partial charge in [0.2, 0.25) is 0 Å². The Morgan fingerprint density at radius 3 is 2.58 bits per heavy atom. The van der Waals surface area contributed by atoms with Gasteiger partial charge in [-0.25, -0.2) is 0 Å². The van der Waals surface area contributed by atoms with Crippen LogP contribution in [0.2, 0.25) is 0 Å². The van der Waals surface area contributed by atoms with Gasteiger partial charge < -0.3 is 38.3 Å². The van der Waals surface area contributed by atoms with E-state index in [2.05, 4.69) is 14.1 Å².